The number of thioether (sulfide) groups is 1. The molecule has 0 bridgehead atoms. The van der Waals surface area contributed by atoms with E-state index in [1.54, 1.807) is 12.1 Å². The summed E-state index contributed by atoms with van der Waals surface area (Å²) in [5.41, 5.74) is 0.697. The Balaban J connectivity index is 1.89. The van der Waals surface area contributed by atoms with Crippen LogP contribution in [0.4, 0.5) is 10.5 Å². The normalized spacial score (nSPS) is 17.1. The predicted molar refractivity (Wildman–Crippen MR) is 85.4 cm³/mol. The maximum atomic E-state index is 12.0. The number of carbonyl (C=O) groups excluding carboxylic acids is 4. The highest BCUT2D eigenvalue weighted by Gasteiger charge is 2.30. The molecule has 0 aromatic heterocycles. The maximum Gasteiger partial charge on any atom is 0.413 e. The standard InChI is InChI=1S/C15H16N2O6S/c1-8(13(19)17-15(21)22-2)23-12(18)7-11-14(20)16-9-5-3-4-6-10(9)24-11/h3-6,8,11H,7H2,1-2H3,(H,16,20)(H,17,19,21)/t8-,11+/m0/s1. The van der Waals surface area contributed by atoms with Gasteiger partial charge in [-0.3, -0.25) is 19.7 Å². The van der Waals surface area contributed by atoms with E-state index in [0.29, 0.717) is 5.69 Å². The molecule has 2 atom stereocenters. The highest BCUT2D eigenvalue weighted by Crippen LogP contribution is 2.36. The van der Waals surface area contributed by atoms with E-state index in [2.05, 4.69) is 10.1 Å². The number of alkyl carbamates (subject to hydrolysis) is 1. The van der Waals surface area contributed by atoms with Crippen LogP contribution in [0.1, 0.15) is 13.3 Å². The largest absolute Gasteiger partial charge is 0.453 e. The van der Waals surface area contributed by atoms with E-state index in [1.807, 2.05) is 17.4 Å². The Hall–Kier alpha value is -2.55. The second-order valence-electron chi connectivity index (χ2n) is 4.91. The van der Waals surface area contributed by atoms with Gasteiger partial charge < -0.3 is 14.8 Å². The molecule has 8 nitrogen and oxygen atoms in total. The summed E-state index contributed by atoms with van der Waals surface area (Å²) in [5, 5.41) is 3.97. The van der Waals surface area contributed by atoms with Gasteiger partial charge in [-0.2, -0.15) is 0 Å². The third kappa shape index (κ3) is 4.48. The summed E-state index contributed by atoms with van der Waals surface area (Å²) in [7, 11) is 1.11. The molecule has 1 heterocycles. The molecule has 1 aromatic rings. The van der Waals surface area contributed by atoms with Crippen molar-refractivity contribution in [1.29, 1.82) is 0 Å². The van der Waals surface area contributed by atoms with Gasteiger partial charge in [0, 0.05) is 4.90 Å². The fourth-order valence-corrected chi connectivity index (χ4v) is 3.03. The molecule has 0 fully saturated rings. The molecule has 0 unspecified atom stereocenters. The Kier molecular flexibility index (Phi) is 5.80. The van der Waals surface area contributed by atoms with Crippen molar-refractivity contribution in [3.8, 4) is 0 Å². The topological polar surface area (TPSA) is 111 Å². The van der Waals surface area contributed by atoms with Crippen LogP contribution in [-0.4, -0.2) is 42.3 Å². The Morgan fingerprint density at radius 3 is 2.75 bits per heavy atom. The summed E-state index contributed by atoms with van der Waals surface area (Å²) >= 11 is 1.26. The summed E-state index contributed by atoms with van der Waals surface area (Å²) in [6, 6.07) is 7.24. The van der Waals surface area contributed by atoms with Crippen LogP contribution in [0, 0.1) is 0 Å². The molecule has 0 aliphatic carbocycles. The summed E-state index contributed by atoms with van der Waals surface area (Å²) in [6.07, 6.45) is -2.32. The van der Waals surface area contributed by atoms with E-state index in [-0.39, 0.29) is 12.3 Å². The molecule has 1 aliphatic rings. The summed E-state index contributed by atoms with van der Waals surface area (Å²) < 4.78 is 9.22. The Labute approximate surface area is 142 Å². The number of rotatable bonds is 4. The summed E-state index contributed by atoms with van der Waals surface area (Å²) in [4.78, 5) is 47.3. The van der Waals surface area contributed by atoms with Gasteiger partial charge in [0.05, 0.1) is 24.5 Å². The van der Waals surface area contributed by atoms with Crippen molar-refractivity contribution in [1.82, 2.24) is 5.32 Å². The fraction of sp³-hybridized carbons (Fsp3) is 0.333. The number of methoxy groups -OCH3 is 1. The SMILES string of the molecule is COC(=O)NC(=O)[C@H](C)OC(=O)C[C@H]1Sc2ccccc2NC1=O. The zero-order valence-electron chi connectivity index (χ0n) is 13.0. The predicted octanol–water partition coefficient (Wildman–Crippen LogP) is 1.30. The van der Waals surface area contributed by atoms with Gasteiger partial charge >= 0.3 is 12.1 Å². The molecular weight excluding hydrogens is 336 g/mol. The first kappa shape index (κ1) is 17.8. The molecule has 0 saturated carbocycles. The Bertz CT molecular complexity index is 678. The zero-order valence-corrected chi connectivity index (χ0v) is 13.8. The number of para-hydroxylation sites is 1. The second-order valence-corrected chi connectivity index (χ2v) is 6.15. The smallest absolute Gasteiger partial charge is 0.413 e. The average Bonchev–Trinajstić information content (AvgIpc) is 2.55. The van der Waals surface area contributed by atoms with E-state index >= 15 is 0 Å². The van der Waals surface area contributed by atoms with E-state index < -0.39 is 29.3 Å². The molecule has 0 spiro atoms. The van der Waals surface area contributed by atoms with Gasteiger partial charge in [-0.25, -0.2) is 4.79 Å². The Morgan fingerprint density at radius 2 is 2.04 bits per heavy atom. The lowest BCUT2D eigenvalue weighted by molar-refractivity contribution is -0.154. The van der Waals surface area contributed by atoms with Crippen LogP contribution in [-0.2, 0) is 23.9 Å². The van der Waals surface area contributed by atoms with Gasteiger partial charge in [-0.15, -0.1) is 11.8 Å². The van der Waals surface area contributed by atoms with Crippen LogP contribution < -0.4 is 10.6 Å². The van der Waals surface area contributed by atoms with Crippen LogP contribution >= 0.6 is 11.8 Å². The number of fused-ring (bicyclic) bond motifs is 1. The third-order valence-corrected chi connectivity index (χ3v) is 4.42. The number of amides is 3. The number of imide groups is 1. The van der Waals surface area contributed by atoms with Crippen molar-refractivity contribution in [3.63, 3.8) is 0 Å². The summed E-state index contributed by atoms with van der Waals surface area (Å²) in [6.45, 7) is 1.32. The molecule has 1 aliphatic heterocycles. The number of benzene rings is 1. The highest BCUT2D eigenvalue weighted by molar-refractivity contribution is 8.01. The van der Waals surface area contributed by atoms with Gasteiger partial charge in [-0.1, -0.05) is 12.1 Å². The van der Waals surface area contributed by atoms with Crippen LogP contribution in [0.2, 0.25) is 0 Å². The van der Waals surface area contributed by atoms with Crippen LogP contribution in [0.5, 0.6) is 0 Å². The quantitative estimate of drug-likeness (QED) is 0.786. The third-order valence-electron chi connectivity index (χ3n) is 3.15. The van der Waals surface area contributed by atoms with Crippen LogP contribution in [0.3, 0.4) is 0 Å². The molecule has 2 rings (SSSR count). The fourth-order valence-electron chi connectivity index (χ4n) is 1.93. The second kappa shape index (κ2) is 7.82. The van der Waals surface area contributed by atoms with E-state index in [1.165, 1.54) is 18.7 Å². The zero-order chi connectivity index (χ0) is 17.7. The molecule has 0 radical (unpaired) electrons. The molecular formula is C15H16N2O6S. The van der Waals surface area contributed by atoms with Crippen molar-refractivity contribution < 1.29 is 28.7 Å². The number of ether oxygens (including phenoxy) is 2. The molecule has 1 aromatic carbocycles. The number of nitrogens with one attached hydrogen (secondary N) is 2. The molecule has 24 heavy (non-hydrogen) atoms. The first-order valence-electron chi connectivity index (χ1n) is 7.05. The minimum atomic E-state index is -1.18. The van der Waals surface area contributed by atoms with Crippen molar-refractivity contribution in [2.45, 2.75) is 29.6 Å². The average molecular weight is 352 g/mol. The summed E-state index contributed by atoms with van der Waals surface area (Å²) in [5.74, 6) is -1.82. The molecule has 0 saturated heterocycles. The van der Waals surface area contributed by atoms with Crippen molar-refractivity contribution in [3.05, 3.63) is 24.3 Å². The van der Waals surface area contributed by atoms with Crippen molar-refractivity contribution >= 4 is 41.3 Å². The van der Waals surface area contributed by atoms with Gasteiger partial charge in [-0.05, 0) is 19.1 Å². The minimum absolute atomic E-state index is 0.194. The number of anilines is 1. The van der Waals surface area contributed by atoms with Gasteiger partial charge in [0.25, 0.3) is 5.91 Å². The lowest BCUT2D eigenvalue weighted by Crippen LogP contribution is -2.40. The molecule has 3 amide bonds. The number of carbonyl (C=O) groups is 4. The molecule has 128 valence electrons. The number of hydrogen-bond donors (Lipinski definition) is 2. The van der Waals surface area contributed by atoms with E-state index in [9.17, 15) is 19.2 Å². The van der Waals surface area contributed by atoms with Crippen molar-refractivity contribution in [2.75, 3.05) is 12.4 Å². The van der Waals surface area contributed by atoms with E-state index in [4.69, 9.17) is 4.74 Å². The lowest BCUT2D eigenvalue weighted by atomic mass is 10.2. The first-order chi connectivity index (χ1) is 11.4. The molecule has 2 N–H and O–H groups in total. The minimum Gasteiger partial charge on any atom is -0.453 e. The number of esters is 1. The Morgan fingerprint density at radius 1 is 1.33 bits per heavy atom. The van der Waals surface area contributed by atoms with E-state index in [0.717, 1.165) is 12.0 Å². The van der Waals surface area contributed by atoms with Crippen LogP contribution in [0.15, 0.2) is 29.2 Å². The van der Waals surface area contributed by atoms with Crippen LogP contribution in [0.25, 0.3) is 0 Å². The van der Waals surface area contributed by atoms with Crippen molar-refractivity contribution in [2.24, 2.45) is 0 Å². The van der Waals surface area contributed by atoms with Gasteiger partial charge in [0.15, 0.2) is 6.10 Å². The highest BCUT2D eigenvalue weighted by atomic mass is 32.2. The molecule has 9 heteroatoms. The lowest BCUT2D eigenvalue weighted by Gasteiger charge is -2.23. The number of hydrogen-bond acceptors (Lipinski definition) is 7. The maximum absolute atomic E-state index is 12.0. The van der Waals surface area contributed by atoms with Gasteiger partial charge in [0.1, 0.15) is 0 Å². The monoisotopic (exact) mass is 352 g/mol. The van der Waals surface area contributed by atoms with Gasteiger partial charge in [0.2, 0.25) is 5.91 Å². The first-order valence-corrected chi connectivity index (χ1v) is 7.93.